The van der Waals surface area contributed by atoms with E-state index in [9.17, 15) is 4.79 Å². The molecule has 4 nitrogen and oxygen atoms in total. The van der Waals surface area contributed by atoms with E-state index in [1.807, 2.05) is 18.2 Å². The number of methoxy groups -OCH3 is 1. The summed E-state index contributed by atoms with van der Waals surface area (Å²) < 4.78 is 5.21. The number of benzene rings is 1. The predicted molar refractivity (Wildman–Crippen MR) is 82.4 cm³/mol. The highest BCUT2D eigenvalue weighted by Crippen LogP contribution is 2.58. The van der Waals surface area contributed by atoms with Gasteiger partial charge in [-0.05, 0) is 61.9 Å². The van der Waals surface area contributed by atoms with Crippen LogP contribution in [-0.2, 0) is 11.2 Å². The van der Waals surface area contributed by atoms with E-state index in [1.165, 1.54) is 5.56 Å². The Morgan fingerprint density at radius 1 is 1.43 bits per heavy atom. The van der Waals surface area contributed by atoms with Crippen molar-refractivity contribution < 1.29 is 9.53 Å². The summed E-state index contributed by atoms with van der Waals surface area (Å²) in [7, 11) is 1.67. The fourth-order valence-electron chi connectivity index (χ4n) is 3.48. The molecule has 1 spiro atoms. The molecule has 2 fully saturated rings. The number of carbonyl (C=O) groups is 1. The lowest BCUT2D eigenvalue weighted by molar-refractivity contribution is -0.123. The van der Waals surface area contributed by atoms with Gasteiger partial charge in [0, 0.05) is 12.5 Å². The van der Waals surface area contributed by atoms with Gasteiger partial charge in [0.2, 0.25) is 5.91 Å². The molecule has 1 heterocycles. The van der Waals surface area contributed by atoms with Crippen LogP contribution in [0.15, 0.2) is 24.3 Å². The van der Waals surface area contributed by atoms with E-state index in [0.717, 1.165) is 44.5 Å². The SMILES string of the molecule is COc1cccc(CCNC(=O)C2CC23CCNCC3)c1. The van der Waals surface area contributed by atoms with Crippen LogP contribution in [0.1, 0.15) is 24.8 Å². The van der Waals surface area contributed by atoms with Crippen molar-refractivity contribution in [2.45, 2.75) is 25.7 Å². The number of hydrogen-bond donors (Lipinski definition) is 2. The number of carbonyl (C=O) groups excluding carboxylic acids is 1. The van der Waals surface area contributed by atoms with Gasteiger partial charge >= 0.3 is 0 Å². The van der Waals surface area contributed by atoms with Crippen LogP contribution in [0.3, 0.4) is 0 Å². The lowest BCUT2D eigenvalue weighted by atomic mass is 9.92. The maximum atomic E-state index is 12.2. The molecule has 21 heavy (non-hydrogen) atoms. The van der Waals surface area contributed by atoms with Gasteiger partial charge in [-0.25, -0.2) is 0 Å². The van der Waals surface area contributed by atoms with E-state index in [0.29, 0.717) is 12.0 Å². The zero-order chi connectivity index (χ0) is 14.7. The monoisotopic (exact) mass is 288 g/mol. The number of nitrogens with one attached hydrogen (secondary N) is 2. The average Bonchev–Trinajstić information content (AvgIpc) is 3.21. The molecular formula is C17H24N2O2. The van der Waals surface area contributed by atoms with Crippen molar-refractivity contribution in [1.82, 2.24) is 10.6 Å². The number of hydrogen-bond acceptors (Lipinski definition) is 3. The van der Waals surface area contributed by atoms with Crippen molar-refractivity contribution >= 4 is 5.91 Å². The standard InChI is InChI=1S/C17H24N2O2/c1-21-14-4-2-3-13(11-14)5-8-19-16(20)15-12-17(15)6-9-18-10-7-17/h2-4,11,15,18H,5-10,12H2,1H3,(H,19,20). The van der Waals surface area contributed by atoms with Crippen LogP contribution in [0, 0.1) is 11.3 Å². The largest absolute Gasteiger partial charge is 0.497 e. The Balaban J connectivity index is 1.44. The van der Waals surface area contributed by atoms with Crippen LogP contribution < -0.4 is 15.4 Å². The summed E-state index contributed by atoms with van der Waals surface area (Å²) in [5.74, 6) is 1.37. The molecule has 1 amide bonds. The summed E-state index contributed by atoms with van der Waals surface area (Å²) in [5, 5.41) is 6.47. The lowest BCUT2D eigenvalue weighted by Crippen LogP contribution is -2.34. The predicted octanol–water partition coefficient (Wildman–Crippen LogP) is 1.74. The second kappa shape index (κ2) is 6.06. The molecule has 1 saturated carbocycles. The molecule has 1 unspecified atom stereocenters. The minimum Gasteiger partial charge on any atom is -0.497 e. The molecule has 4 heteroatoms. The third-order valence-electron chi connectivity index (χ3n) is 4.95. The van der Waals surface area contributed by atoms with E-state index in [-0.39, 0.29) is 11.8 Å². The molecule has 1 aliphatic heterocycles. The number of amides is 1. The summed E-state index contributed by atoms with van der Waals surface area (Å²) in [6, 6.07) is 8.02. The highest BCUT2D eigenvalue weighted by molar-refractivity contribution is 5.82. The first kappa shape index (κ1) is 14.4. The molecule has 1 aromatic carbocycles. The molecule has 2 aliphatic rings. The molecule has 3 rings (SSSR count). The first-order valence-corrected chi connectivity index (χ1v) is 7.85. The third-order valence-corrected chi connectivity index (χ3v) is 4.95. The summed E-state index contributed by atoms with van der Waals surface area (Å²) in [6.45, 7) is 2.83. The highest BCUT2D eigenvalue weighted by Gasteiger charge is 2.57. The summed E-state index contributed by atoms with van der Waals surface area (Å²) >= 11 is 0. The van der Waals surface area contributed by atoms with Gasteiger partial charge in [-0.2, -0.15) is 0 Å². The Kier molecular flexibility index (Phi) is 4.15. The Bertz CT molecular complexity index is 509. The van der Waals surface area contributed by atoms with Gasteiger partial charge in [0.25, 0.3) is 0 Å². The molecule has 1 aliphatic carbocycles. The summed E-state index contributed by atoms with van der Waals surface area (Å²) in [5.41, 5.74) is 1.52. The number of piperidine rings is 1. The zero-order valence-electron chi connectivity index (χ0n) is 12.7. The second-order valence-corrected chi connectivity index (χ2v) is 6.26. The van der Waals surface area contributed by atoms with E-state index < -0.39 is 0 Å². The molecule has 0 aromatic heterocycles. The fourth-order valence-corrected chi connectivity index (χ4v) is 3.48. The quantitative estimate of drug-likeness (QED) is 0.868. The zero-order valence-corrected chi connectivity index (χ0v) is 12.7. The van der Waals surface area contributed by atoms with Crippen molar-refractivity contribution in [3.05, 3.63) is 29.8 Å². The van der Waals surface area contributed by atoms with Crippen LogP contribution in [0.5, 0.6) is 5.75 Å². The van der Waals surface area contributed by atoms with Crippen LogP contribution >= 0.6 is 0 Å². The molecule has 1 aromatic rings. The summed E-state index contributed by atoms with van der Waals surface area (Å²) in [6.07, 6.45) is 4.24. The lowest BCUT2D eigenvalue weighted by Gasteiger charge is -2.23. The van der Waals surface area contributed by atoms with Crippen molar-refractivity contribution in [1.29, 1.82) is 0 Å². The van der Waals surface area contributed by atoms with E-state index in [1.54, 1.807) is 7.11 Å². The van der Waals surface area contributed by atoms with Gasteiger partial charge in [-0.3, -0.25) is 4.79 Å². The topological polar surface area (TPSA) is 50.4 Å². The van der Waals surface area contributed by atoms with Gasteiger partial charge < -0.3 is 15.4 Å². The van der Waals surface area contributed by atoms with Gasteiger partial charge in [0.1, 0.15) is 5.75 Å². The minimum atomic E-state index is 0.250. The molecule has 1 atom stereocenters. The smallest absolute Gasteiger partial charge is 0.223 e. The molecule has 114 valence electrons. The number of ether oxygens (including phenoxy) is 1. The van der Waals surface area contributed by atoms with E-state index in [4.69, 9.17) is 4.74 Å². The van der Waals surface area contributed by atoms with Gasteiger partial charge in [0.15, 0.2) is 0 Å². The maximum absolute atomic E-state index is 12.2. The average molecular weight is 288 g/mol. The minimum absolute atomic E-state index is 0.250. The maximum Gasteiger partial charge on any atom is 0.223 e. The molecular weight excluding hydrogens is 264 g/mol. The van der Waals surface area contributed by atoms with Crippen LogP contribution in [0.2, 0.25) is 0 Å². The normalized spacial score (nSPS) is 22.8. The first-order chi connectivity index (χ1) is 10.2. The van der Waals surface area contributed by atoms with Crippen molar-refractivity contribution in [3.8, 4) is 5.75 Å². The Morgan fingerprint density at radius 3 is 3.00 bits per heavy atom. The van der Waals surface area contributed by atoms with Crippen LogP contribution in [-0.4, -0.2) is 32.7 Å². The molecule has 0 bridgehead atoms. The van der Waals surface area contributed by atoms with Crippen molar-refractivity contribution in [3.63, 3.8) is 0 Å². The molecule has 0 radical (unpaired) electrons. The van der Waals surface area contributed by atoms with Crippen molar-refractivity contribution in [2.75, 3.05) is 26.7 Å². The molecule has 1 saturated heterocycles. The highest BCUT2D eigenvalue weighted by atomic mass is 16.5. The van der Waals surface area contributed by atoms with Crippen molar-refractivity contribution in [2.24, 2.45) is 11.3 Å². The second-order valence-electron chi connectivity index (χ2n) is 6.26. The third kappa shape index (κ3) is 3.21. The van der Waals surface area contributed by atoms with Crippen LogP contribution in [0.25, 0.3) is 0 Å². The number of rotatable bonds is 5. The van der Waals surface area contributed by atoms with E-state index in [2.05, 4.69) is 16.7 Å². The Hall–Kier alpha value is -1.55. The van der Waals surface area contributed by atoms with E-state index >= 15 is 0 Å². The first-order valence-electron chi connectivity index (χ1n) is 7.85. The van der Waals surface area contributed by atoms with Crippen LogP contribution in [0.4, 0.5) is 0 Å². The van der Waals surface area contributed by atoms with Gasteiger partial charge in [-0.1, -0.05) is 12.1 Å². The Morgan fingerprint density at radius 2 is 2.24 bits per heavy atom. The summed E-state index contributed by atoms with van der Waals surface area (Å²) in [4.78, 5) is 12.2. The van der Waals surface area contributed by atoms with Gasteiger partial charge in [-0.15, -0.1) is 0 Å². The van der Waals surface area contributed by atoms with Gasteiger partial charge in [0.05, 0.1) is 7.11 Å². The Labute approximate surface area is 126 Å². The fraction of sp³-hybridized carbons (Fsp3) is 0.588. The molecule has 2 N–H and O–H groups in total.